The molecule has 0 amide bonds. The van der Waals surface area contributed by atoms with Crippen molar-refractivity contribution >= 4 is 5.69 Å². The van der Waals surface area contributed by atoms with Gasteiger partial charge in [0.05, 0.1) is 5.60 Å². The maximum Gasteiger partial charge on any atom is 0.0794 e. The van der Waals surface area contributed by atoms with Crippen LogP contribution >= 0.6 is 0 Å². The molecule has 0 bridgehead atoms. The van der Waals surface area contributed by atoms with Gasteiger partial charge in [-0.1, -0.05) is 12.1 Å². The van der Waals surface area contributed by atoms with Crippen molar-refractivity contribution < 1.29 is 5.11 Å². The minimum absolute atomic E-state index is 0.143. The highest BCUT2D eigenvalue weighted by atomic mass is 16.3. The van der Waals surface area contributed by atoms with Crippen molar-refractivity contribution in [3.8, 4) is 0 Å². The van der Waals surface area contributed by atoms with E-state index in [0.29, 0.717) is 0 Å². The van der Waals surface area contributed by atoms with Crippen LogP contribution in [0.5, 0.6) is 0 Å². The Balaban J connectivity index is 1.97. The van der Waals surface area contributed by atoms with Crippen LogP contribution < -0.4 is 10.2 Å². The largest absolute Gasteiger partial charge is 0.388 e. The minimum Gasteiger partial charge on any atom is -0.388 e. The molecule has 20 heavy (non-hydrogen) atoms. The van der Waals surface area contributed by atoms with Crippen LogP contribution in [0.3, 0.4) is 0 Å². The maximum absolute atomic E-state index is 10.2. The van der Waals surface area contributed by atoms with E-state index < -0.39 is 5.60 Å². The molecule has 1 aromatic carbocycles. The molecule has 3 heteroatoms. The van der Waals surface area contributed by atoms with Crippen molar-refractivity contribution in [3.63, 3.8) is 0 Å². The summed E-state index contributed by atoms with van der Waals surface area (Å²) in [6, 6.07) is 8.69. The summed E-state index contributed by atoms with van der Waals surface area (Å²) in [7, 11) is 0. The van der Waals surface area contributed by atoms with Crippen molar-refractivity contribution in [2.75, 3.05) is 18.0 Å². The summed E-state index contributed by atoms with van der Waals surface area (Å²) in [5.41, 5.74) is 2.10. The number of anilines is 1. The molecule has 112 valence electrons. The highest BCUT2D eigenvalue weighted by molar-refractivity contribution is 5.48. The van der Waals surface area contributed by atoms with Crippen LogP contribution in [-0.4, -0.2) is 29.3 Å². The third-order valence-electron chi connectivity index (χ3n) is 3.80. The summed E-state index contributed by atoms with van der Waals surface area (Å²) in [5.74, 6) is 0. The number of β-amino-alcohol motifs (C(OH)–C–C–N with tert-alkyl or cyclic N) is 1. The van der Waals surface area contributed by atoms with Gasteiger partial charge in [-0.15, -0.1) is 0 Å². The molecule has 1 aliphatic rings. The average Bonchev–Trinajstić information content (AvgIpc) is 2.35. The van der Waals surface area contributed by atoms with Crippen molar-refractivity contribution in [2.45, 2.75) is 58.2 Å². The molecule has 0 aromatic heterocycles. The lowest BCUT2D eigenvalue weighted by Crippen LogP contribution is -2.46. The highest BCUT2D eigenvalue weighted by Gasteiger charge is 2.28. The second-order valence-electron chi connectivity index (χ2n) is 7.29. The first-order valence-electron chi connectivity index (χ1n) is 7.57. The van der Waals surface area contributed by atoms with Crippen molar-refractivity contribution in [2.24, 2.45) is 0 Å². The van der Waals surface area contributed by atoms with E-state index in [4.69, 9.17) is 0 Å². The van der Waals surface area contributed by atoms with E-state index in [9.17, 15) is 5.11 Å². The first kappa shape index (κ1) is 15.3. The summed E-state index contributed by atoms with van der Waals surface area (Å²) in [6.45, 7) is 11.1. The zero-order chi connectivity index (χ0) is 14.8. The number of rotatable bonds is 3. The molecule has 0 spiro atoms. The monoisotopic (exact) mass is 276 g/mol. The summed E-state index contributed by atoms with van der Waals surface area (Å²) in [6.07, 6.45) is 1.96. The summed E-state index contributed by atoms with van der Waals surface area (Å²) in [4.78, 5) is 2.28. The van der Waals surface area contributed by atoms with E-state index in [2.05, 4.69) is 55.3 Å². The van der Waals surface area contributed by atoms with E-state index in [1.165, 1.54) is 11.3 Å². The molecule has 0 saturated carbocycles. The Hall–Kier alpha value is -1.06. The van der Waals surface area contributed by atoms with E-state index in [1.807, 2.05) is 6.92 Å². The Morgan fingerprint density at radius 1 is 1.25 bits per heavy atom. The lowest BCUT2D eigenvalue weighted by Gasteiger charge is -2.38. The minimum atomic E-state index is -0.551. The number of nitrogens with one attached hydrogen (secondary N) is 1. The molecule has 2 N–H and O–H groups in total. The average molecular weight is 276 g/mol. The zero-order valence-corrected chi connectivity index (χ0v) is 13.2. The van der Waals surface area contributed by atoms with Gasteiger partial charge in [0.15, 0.2) is 0 Å². The Bertz CT molecular complexity index is 431. The van der Waals surface area contributed by atoms with E-state index in [1.54, 1.807) is 0 Å². The Morgan fingerprint density at radius 2 is 1.90 bits per heavy atom. The normalized spacial score (nSPS) is 23.9. The quantitative estimate of drug-likeness (QED) is 0.891. The molecule has 1 unspecified atom stereocenters. The van der Waals surface area contributed by atoms with Gasteiger partial charge in [-0.05, 0) is 58.2 Å². The summed E-state index contributed by atoms with van der Waals surface area (Å²) >= 11 is 0. The topological polar surface area (TPSA) is 35.5 Å². The number of piperidine rings is 1. The van der Waals surface area contributed by atoms with Crippen LogP contribution in [-0.2, 0) is 6.54 Å². The van der Waals surface area contributed by atoms with Crippen molar-refractivity contribution in [3.05, 3.63) is 29.8 Å². The van der Waals surface area contributed by atoms with Gasteiger partial charge in [-0.3, -0.25) is 0 Å². The second-order valence-corrected chi connectivity index (χ2v) is 7.29. The zero-order valence-electron chi connectivity index (χ0n) is 13.2. The number of benzene rings is 1. The third-order valence-corrected chi connectivity index (χ3v) is 3.80. The lowest BCUT2D eigenvalue weighted by atomic mass is 9.94. The van der Waals surface area contributed by atoms with Gasteiger partial charge in [0, 0.05) is 30.9 Å². The van der Waals surface area contributed by atoms with Gasteiger partial charge < -0.3 is 15.3 Å². The van der Waals surface area contributed by atoms with E-state index >= 15 is 0 Å². The SMILES string of the molecule is CC1(O)CCCN(c2ccc(CNC(C)(C)C)cc2)C1. The van der Waals surface area contributed by atoms with Gasteiger partial charge in [0.2, 0.25) is 0 Å². The van der Waals surface area contributed by atoms with Crippen molar-refractivity contribution in [1.82, 2.24) is 5.32 Å². The van der Waals surface area contributed by atoms with Crippen LogP contribution in [0.2, 0.25) is 0 Å². The first-order chi connectivity index (χ1) is 9.25. The molecule has 0 radical (unpaired) electrons. The number of hydrogen-bond donors (Lipinski definition) is 2. The molecule has 1 aromatic rings. The molecular weight excluding hydrogens is 248 g/mol. The van der Waals surface area contributed by atoms with E-state index in [0.717, 1.165) is 32.5 Å². The van der Waals surface area contributed by atoms with Gasteiger partial charge in [0.1, 0.15) is 0 Å². The Labute approximate surface area is 123 Å². The second kappa shape index (κ2) is 5.74. The fraction of sp³-hybridized carbons (Fsp3) is 0.647. The Morgan fingerprint density at radius 3 is 2.45 bits per heavy atom. The fourth-order valence-electron chi connectivity index (χ4n) is 2.63. The number of aliphatic hydroxyl groups is 1. The third kappa shape index (κ3) is 4.50. The summed E-state index contributed by atoms with van der Waals surface area (Å²) in [5, 5.41) is 13.7. The van der Waals surface area contributed by atoms with Gasteiger partial charge in [-0.2, -0.15) is 0 Å². The van der Waals surface area contributed by atoms with Gasteiger partial charge in [0.25, 0.3) is 0 Å². The standard InChI is InChI=1S/C17H28N2O/c1-16(2,3)18-12-14-6-8-15(9-7-14)19-11-5-10-17(4,20)13-19/h6-9,18,20H,5,10-13H2,1-4H3. The van der Waals surface area contributed by atoms with Crippen LogP contribution in [0.1, 0.15) is 46.1 Å². The van der Waals surface area contributed by atoms with Crippen LogP contribution in [0.25, 0.3) is 0 Å². The van der Waals surface area contributed by atoms with E-state index in [-0.39, 0.29) is 5.54 Å². The number of nitrogens with zero attached hydrogens (tertiary/aromatic N) is 1. The number of hydrogen-bond acceptors (Lipinski definition) is 3. The maximum atomic E-state index is 10.2. The fourth-order valence-corrected chi connectivity index (χ4v) is 2.63. The highest BCUT2D eigenvalue weighted by Crippen LogP contribution is 2.25. The van der Waals surface area contributed by atoms with Crippen LogP contribution in [0, 0.1) is 0 Å². The molecular formula is C17H28N2O. The van der Waals surface area contributed by atoms with Crippen LogP contribution in [0.15, 0.2) is 24.3 Å². The lowest BCUT2D eigenvalue weighted by molar-refractivity contribution is 0.0449. The molecule has 3 nitrogen and oxygen atoms in total. The van der Waals surface area contributed by atoms with Crippen LogP contribution in [0.4, 0.5) is 5.69 Å². The smallest absolute Gasteiger partial charge is 0.0794 e. The molecule has 1 saturated heterocycles. The molecule has 1 heterocycles. The van der Waals surface area contributed by atoms with Gasteiger partial charge in [-0.25, -0.2) is 0 Å². The first-order valence-corrected chi connectivity index (χ1v) is 7.57. The Kier molecular flexibility index (Phi) is 4.40. The molecule has 2 rings (SSSR count). The molecule has 0 aliphatic carbocycles. The molecule has 1 atom stereocenters. The summed E-state index contributed by atoms with van der Waals surface area (Å²) < 4.78 is 0. The van der Waals surface area contributed by atoms with Crippen molar-refractivity contribution in [1.29, 1.82) is 0 Å². The predicted molar refractivity (Wildman–Crippen MR) is 85.1 cm³/mol. The molecule has 1 aliphatic heterocycles. The predicted octanol–water partition coefficient (Wildman–Crippen LogP) is 2.93. The molecule has 1 fully saturated rings. The van der Waals surface area contributed by atoms with Gasteiger partial charge >= 0.3 is 0 Å².